The molecule has 4 N–H and O–H groups in total. The number of rotatable bonds is 18. The quantitative estimate of drug-likeness (QED) is 0.0417. The Kier molecular flexibility index (Phi) is 18.9. The van der Waals surface area contributed by atoms with Crippen molar-refractivity contribution in [2.24, 2.45) is 0 Å². The Morgan fingerprint density at radius 3 is 0.988 bits per heavy atom. The van der Waals surface area contributed by atoms with Gasteiger partial charge in [0.25, 0.3) is 0 Å². The average molecular weight is 1120 g/mol. The fourth-order valence-electron chi connectivity index (χ4n) is 11.5. The molecule has 16 heteroatoms. The van der Waals surface area contributed by atoms with E-state index in [-0.39, 0.29) is 49.1 Å². The maximum atomic E-state index is 12.7. The van der Waals surface area contributed by atoms with E-state index in [1.807, 2.05) is 198 Å². The first-order chi connectivity index (χ1) is 40.8. The monoisotopic (exact) mass is 1120 g/mol. The second-order valence-corrected chi connectivity index (χ2v) is 20.0. The van der Waals surface area contributed by atoms with E-state index < -0.39 is 23.0 Å². The Morgan fingerprint density at radius 2 is 0.729 bits per heavy atom. The van der Waals surface area contributed by atoms with Crippen LogP contribution in [0, 0.1) is 0 Å². The van der Waals surface area contributed by atoms with Gasteiger partial charge in [0.2, 0.25) is 0 Å². The molecule has 12 aromatic rings. The summed E-state index contributed by atoms with van der Waals surface area (Å²) >= 11 is 0. The van der Waals surface area contributed by atoms with Crippen LogP contribution in [0.4, 0.5) is 11.6 Å². The number of nitrogens with one attached hydrogen (secondary N) is 2. The maximum absolute atomic E-state index is 12.7. The molecule has 0 aliphatic carbocycles. The second-order valence-electron chi connectivity index (χ2n) is 20.0. The predicted octanol–water partition coefficient (Wildman–Crippen LogP) is 9.55. The molecule has 0 radical (unpaired) electrons. The van der Waals surface area contributed by atoms with E-state index in [1.54, 1.807) is 7.05 Å². The Hall–Kier alpha value is -10.0. The first-order valence-electron chi connectivity index (χ1n) is 27.4. The van der Waals surface area contributed by atoms with Gasteiger partial charge in [-0.15, -0.1) is 10.2 Å². The molecule has 4 heterocycles. The number of hydrogen-bond acceptors (Lipinski definition) is 12. The van der Waals surface area contributed by atoms with Crippen LogP contribution in [0.1, 0.15) is 80.3 Å². The van der Waals surface area contributed by atoms with Crippen molar-refractivity contribution in [3.8, 4) is 0 Å². The SMILES string of the molecule is CNc1cc([C@H](CC(=O)O)c2ccccc2)c2nnn(C(c3ccccc3)(c3ccccc3)c3ccccc3)c2n1.CNc1cc([C@H](CC(=O)OC)c2ccccc2)c2nnn(C(c3ccccc3)(c3ccccc3)c3ccccc3)c2n1.[Li+].[OH-]. The normalized spacial score (nSPS) is 11.9. The number of methoxy groups -OCH3 is 1. The molecule has 0 fully saturated rings. The molecule has 12 rings (SSSR count). The van der Waals surface area contributed by atoms with Crippen molar-refractivity contribution in [1.82, 2.24) is 40.0 Å². The molecule has 0 aliphatic rings. The van der Waals surface area contributed by atoms with Crippen molar-refractivity contribution in [3.05, 3.63) is 310 Å². The fraction of sp³-hybridized carbons (Fsp3) is 0.130. The molecule has 8 aromatic carbocycles. The minimum absolute atomic E-state index is 0. The van der Waals surface area contributed by atoms with Gasteiger partial charge in [-0.25, -0.2) is 19.3 Å². The summed E-state index contributed by atoms with van der Waals surface area (Å²) in [5.41, 5.74) is 10.0. The molecule has 2 atom stereocenters. The van der Waals surface area contributed by atoms with Crippen molar-refractivity contribution in [3.63, 3.8) is 0 Å². The summed E-state index contributed by atoms with van der Waals surface area (Å²) in [6, 6.07) is 85.0. The van der Waals surface area contributed by atoms with Crippen LogP contribution >= 0.6 is 0 Å². The third-order valence-electron chi connectivity index (χ3n) is 15.3. The van der Waals surface area contributed by atoms with Gasteiger partial charge >= 0.3 is 30.8 Å². The number of ether oxygens (including phenoxy) is 1. The van der Waals surface area contributed by atoms with Gasteiger partial charge in [-0.05, 0) is 67.8 Å². The van der Waals surface area contributed by atoms with E-state index in [9.17, 15) is 14.7 Å². The van der Waals surface area contributed by atoms with Gasteiger partial charge in [-0.1, -0.05) is 253 Å². The van der Waals surface area contributed by atoms with Gasteiger partial charge in [-0.2, -0.15) is 0 Å². The molecule has 0 saturated carbocycles. The summed E-state index contributed by atoms with van der Waals surface area (Å²) in [6.07, 6.45) is 0.0528. The Labute approximate surface area is 504 Å². The van der Waals surface area contributed by atoms with Crippen molar-refractivity contribution >= 4 is 45.9 Å². The molecule has 85 heavy (non-hydrogen) atoms. The third kappa shape index (κ3) is 11.6. The van der Waals surface area contributed by atoms with Crippen molar-refractivity contribution in [1.29, 1.82) is 0 Å². The van der Waals surface area contributed by atoms with Crippen LogP contribution in [-0.2, 0) is 25.4 Å². The molecule has 0 unspecified atom stereocenters. The summed E-state index contributed by atoms with van der Waals surface area (Å²) in [4.78, 5) is 34.8. The number of aromatic nitrogens is 8. The number of nitrogens with zero attached hydrogens (tertiary/aromatic N) is 8. The molecule has 4 aromatic heterocycles. The summed E-state index contributed by atoms with van der Waals surface area (Å²) < 4.78 is 8.92. The van der Waals surface area contributed by atoms with E-state index in [1.165, 1.54) is 7.11 Å². The standard InChI is InChI=1S/C35H31N5O2.C34H29N5O2.Li.H2O/c1-36-31-23-30(29(24-32(41)42-2)25-15-7-3-8-16-25)33-34(37-31)40(39-38-33)35(26-17-9-4-10-18-26,27-19-11-5-12-20-27)28-21-13-6-14-22-28;1-35-30-22-29(28(23-31(40)41)24-14-6-2-7-15-24)32-33(36-30)39(38-37-32)34(25-16-8-3-9-17-25,26-18-10-4-11-19-26)27-20-12-5-13-21-27;;/h3-23,29H,24H2,1-2H3,(H,36,37);2-22,28H,23H2,1H3,(H,35,36)(H,40,41);;1H2/q;;+1;/p-1/t29-;28-;;/m11../s1. The first kappa shape index (κ1) is 59.6. The largest absolute Gasteiger partial charge is 1.00 e. The number of fused-ring (bicyclic) bond motifs is 2. The number of pyridine rings is 2. The number of benzene rings is 8. The summed E-state index contributed by atoms with van der Waals surface area (Å²) in [7, 11) is 5.05. The molecule has 15 nitrogen and oxygen atoms in total. The van der Waals surface area contributed by atoms with Crippen molar-refractivity contribution < 1.29 is 43.8 Å². The number of esters is 1. The number of carbonyl (C=O) groups excluding carboxylic acids is 1. The van der Waals surface area contributed by atoms with Crippen molar-refractivity contribution in [2.75, 3.05) is 31.8 Å². The van der Waals surface area contributed by atoms with E-state index in [4.69, 9.17) is 35.3 Å². The van der Waals surface area contributed by atoms with E-state index in [2.05, 4.69) is 83.4 Å². The summed E-state index contributed by atoms with van der Waals surface area (Å²) in [6.45, 7) is 0. The smallest absolute Gasteiger partial charge is 0.870 e. The Bertz CT molecular complexity index is 3920. The zero-order valence-corrected chi connectivity index (χ0v) is 47.5. The third-order valence-corrected chi connectivity index (χ3v) is 15.3. The van der Waals surface area contributed by atoms with E-state index in [0.29, 0.717) is 34.0 Å². The number of carboxylic acid groups (broad SMARTS) is 1. The summed E-state index contributed by atoms with van der Waals surface area (Å²) in [5, 5.41) is 35.5. The van der Waals surface area contributed by atoms with E-state index in [0.717, 1.165) is 55.6 Å². The van der Waals surface area contributed by atoms with Crippen LogP contribution in [0.2, 0.25) is 0 Å². The maximum Gasteiger partial charge on any atom is 1.00 e. The first-order valence-corrected chi connectivity index (χ1v) is 27.4. The molecule has 0 bridgehead atoms. The molecular weight excluding hydrogens is 1060 g/mol. The number of carboxylic acids is 1. The molecule has 0 saturated heterocycles. The number of carbonyl (C=O) groups is 2. The predicted molar refractivity (Wildman–Crippen MR) is 326 cm³/mol. The summed E-state index contributed by atoms with van der Waals surface area (Å²) in [5.74, 6) is -0.716. The second kappa shape index (κ2) is 26.9. The van der Waals surface area contributed by atoms with Crippen LogP contribution in [0.5, 0.6) is 0 Å². The van der Waals surface area contributed by atoms with Gasteiger partial charge < -0.3 is 26.0 Å². The number of hydrogen-bond donors (Lipinski definition) is 3. The van der Waals surface area contributed by atoms with Crippen LogP contribution in [0.3, 0.4) is 0 Å². The Balaban J connectivity index is 0.000000199. The zero-order valence-electron chi connectivity index (χ0n) is 47.5. The van der Waals surface area contributed by atoms with Crippen LogP contribution in [0.15, 0.2) is 255 Å². The van der Waals surface area contributed by atoms with E-state index >= 15 is 0 Å². The molecule has 0 aliphatic heterocycles. The van der Waals surface area contributed by atoms with Gasteiger partial charge in [0.05, 0.1) is 20.0 Å². The number of anilines is 2. The minimum atomic E-state index is -0.912. The van der Waals surface area contributed by atoms with Crippen molar-refractivity contribution in [2.45, 2.75) is 35.8 Å². The molecule has 0 amide bonds. The molecule has 0 spiro atoms. The fourth-order valence-corrected chi connectivity index (χ4v) is 11.5. The van der Waals surface area contributed by atoms with Gasteiger partial charge in [0.15, 0.2) is 11.3 Å². The molecule has 418 valence electrons. The van der Waals surface area contributed by atoms with Crippen LogP contribution in [0.25, 0.3) is 22.3 Å². The number of aliphatic carboxylic acids is 1. The van der Waals surface area contributed by atoms with Gasteiger partial charge in [0, 0.05) is 25.9 Å². The molecular formula is C69H61LiN10O5. The Morgan fingerprint density at radius 1 is 0.459 bits per heavy atom. The minimum Gasteiger partial charge on any atom is -0.870 e. The van der Waals surface area contributed by atoms with Crippen LogP contribution in [-0.4, -0.2) is 83.7 Å². The average Bonchev–Trinajstić information content (AvgIpc) is 2.80. The van der Waals surface area contributed by atoms with Crippen LogP contribution < -0.4 is 29.5 Å². The topological polar surface area (TPSA) is 205 Å². The van der Waals surface area contributed by atoms with Gasteiger partial charge in [-0.3, -0.25) is 9.59 Å². The van der Waals surface area contributed by atoms with Gasteiger partial charge in [0.1, 0.15) is 33.7 Å². The zero-order chi connectivity index (χ0) is 57.2.